The lowest BCUT2D eigenvalue weighted by Gasteiger charge is -2.26. The maximum absolute atomic E-state index is 12.5. The van der Waals surface area contributed by atoms with E-state index >= 15 is 0 Å². The van der Waals surface area contributed by atoms with Gasteiger partial charge in [-0.3, -0.25) is 4.79 Å². The third-order valence-electron chi connectivity index (χ3n) is 5.00. The summed E-state index contributed by atoms with van der Waals surface area (Å²) < 4.78 is 0. The summed E-state index contributed by atoms with van der Waals surface area (Å²) in [6.07, 6.45) is 10.2. The summed E-state index contributed by atoms with van der Waals surface area (Å²) in [6.45, 7) is 5.65. The van der Waals surface area contributed by atoms with Gasteiger partial charge in [0.15, 0.2) is 5.69 Å². The summed E-state index contributed by atoms with van der Waals surface area (Å²) in [7, 11) is 0. The number of halogens is 1. The molecule has 3 rings (SSSR count). The fourth-order valence-electron chi connectivity index (χ4n) is 3.53. The molecule has 0 unspecified atom stereocenters. The SMILES string of the molecule is O=C(NCCN1CCCCCC1)c1nc(N2CCCCC2)ncc1Cl. The number of carbonyl (C=O) groups is 1. The standard InChI is InChI=1S/C18H28ClN5O/c19-15-14-21-18(24-11-6-3-7-12-24)22-16(15)17(25)20-8-13-23-9-4-1-2-5-10-23/h14H,1-13H2,(H,20,25). The van der Waals surface area contributed by atoms with Crippen LogP contribution in [0.25, 0.3) is 0 Å². The van der Waals surface area contributed by atoms with Gasteiger partial charge in [0.05, 0.1) is 11.2 Å². The zero-order valence-corrected chi connectivity index (χ0v) is 15.6. The second kappa shape index (κ2) is 9.34. The van der Waals surface area contributed by atoms with Gasteiger partial charge >= 0.3 is 0 Å². The molecule has 0 bridgehead atoms. The predicted octanol–water partition coefficient (Wildman–Crippen LogP) is 2.73. The largest absolute Gasteiger partial charge is 0.349 e. The Balaban J connectivity index is 1.55. The van der Waals surface area contributed by atoms with Crippen LogP contribution in [0.15, 0.2) is 6.20 Å². The number of carbonyl (C=O) groups excluding carboxylic acids is 1. The predicted molar refractivity (Wildman–Crippen MR) is 100 cm³/mol. The van der Waals surface area contributed by atoms with Crippen molar-refractivity contribution >= 4 is 23.5 Å². The molecule has 2 aliphatic heterocycles. The number of hydrogen-bond donors (Lipinski definition) is 1. The van der Waals surface area contributed by atoms with Crippen LogP contribution in [0.5, 0.6) is 0 Å². The molecule has 0 spiro atoms. The molecule has 1 aromatic heterocycles. The van der Waals surface area contributed by atoms with E-state index in [0.29, 0.717) is 17.5 Å². The van der Waals surface area contributed by atoms with E-state index in [2.05, 4.69) is 25.1 Å². The van der Waals surface area contributed by atoms with E-state index in [1.54, 1.807) is 6.20 Å². The first-order chi connectivity index (χ1) is 12.2. The van der Waals surface area contributed by atoms with Gasteiger partial charge in [0, 0.05) is 26.2 Å². The van der Waals surface area contributed by atoms with Crippen LogP contribution >= 0.6 is 11.6 Å². The zero-order valence-electron chi connectivity index (χ0n) is 14.8. The van der Waals surface area contributed by atoms with Crippen LogP contribution in [-0.2, 0) is 0 Å². The van der Waals surface area contributed by atoms with Crippen molar-refractivity contribution in [3.8, 4) is 0 Å². The topological polar surface area (TPSA) is 61.4 Å². The molecule has 2 aliphatic rings. The molecule has 6 nitrogen and oxygen atoms in total. The van der Waals surface area contributed by atoms with Crippen molar-refractivity contribution in [2.75, 3.05) is 44.2 Å². The number of nitrogens with one attached hydrogen (secondary N) is 1. The summed E-state index contributed by atoms with van der Waals surface area (Å²) in [4.78, 5) is 25.8. The molecule has 3 heterocycles. The van der Waals surface area contributed by atoms with Gasteiger partial charge < -0.3 is 15.1 Å². The van der Waals surface area contributed by atoms with Crippen molar-refractivity contribution in [3.05, 3.63) is 16.9 Å². The quantitative estimate of drug-likeness (QED) is 0.869. The summed E-state index contributed by atoms with van der Waals surface area (Å²) in [5.41, 5.74) is 0.285. The van der Waals surface area contributed by atoms with Gasteiger partial charge in [0.25, 0.3) is 5.91 Å². The summed E-state index contributed by atoms with van der Waals surface area (Å²) in [5, 5.41) is 3.28. The Kier molecular flexibility index (Phi) is 6.87. The Morgan fingerprint density at radius 1 is 1.04 bits per heavy atom. The molecule has 1 aromatic rings. The minimum atomic E-state index is -0.208. The Morgan fingerprint density at radius 2 is 1.68 bits per heavy atom. The van der Waals surface area contributed by atoms with E-state index in [1.165, 1.54) is 32.1 Å². The number of hydrogen-bond acceptors (Lipinski definition) is 5. The van der Waals surface area contributed by atoms with Crippen molar-refractivity contribution in [1.82, 2.24) is 20.2 Å². The highest BCUT2D eigenvalue weighted by Gasteiger charge is 2.19. The van der Waals surface area contributed by atoms with E-state index in [9.17, 15) is 4.79 Å². The molecule has 1 N–H and O–H groups in total. The normalized spacial score (nSPS) is 19.5. The number of piperidine rings is 1. The monoisotopic (exact) mass is 365 g/mol. The summed E-state index contributed by atoms with van der Waals surface area (Å²) in [6, 6.07) is 0. The van der Waals surface area contributed by atoms with Crippen molar-refractivity contribution < 1.29 is 4.79 Å². The maximum atomic E-state index is 12.5. The highest BCUT2D eigenvalue weighted by molar-refractivity contribution is 6.33. The van der Waals surface area contributed by atoms with Crippen LogP contribution in [-0.4, -0.2) is 60.0 Å². The van der Waals surface area contributed by atoms with Crippen LogP contribution in [0, 0.1) is 0 Å². The van der Waals surface area contributed by atoms with Crippen LogP contribution in [0.2, 0.25) is 5.02 Å². The Hall–Kier alpha value is -1.40. The molecule has 0 aromatic carbocycles. The van der Waals surface area contributed by atoms with Crippen LogP contribution in [0.3, 0.4) is 0 Å². The molecule has 0 saturated carbocycles. The van der Waals surface area contributed by atoms with Crippen LogP contribution in [0.1, 0.15) is 55.4 Å². The lowest BCUT2D eigenvalue weighted by molar-refractivity contribution is 0.0943. The van der Waals surface area contributed by atoms with Gasteiger partial charge in [-0.15, -0.1) is 0 Å². The molecule has 138 valence electrons. The number of nitrogens with zero attached hydrogens (tertiary/aromatic N) is 4. The fraction of sp³-hybridized carbons (Fsp3) is 0.722. The molecule has 2 fully saturated rings. The number of likely N-dealkylation sites (tertiary alicyclic amines) is 1. The van der Waals surface area contributed by atoms with Gasteiger partial charge in [0.2, 0.25) is 5.95 Å². The number of rotatable bonds is 5. The third kappa shape index (κ3) is 5.28. The van der Waals surface area contributed by atoms with Crippen molar-refractivity contribution in [1.29, 1.82) is 0 Å². The first-order valence-corrected chi connectivity index (χ1v) is 9.90. The number of aromatic nitrogens is 2. The zero-order chi connectivity index (χ0) is 17.5. The molecular weight excluding hydrogens is 338 g/mol. The van der Waals surface area contributed by atoms with Gasteiger partial charge in [-0.2, -0.15) is 0 Å². The van der Waals surface area contributed by atoms with E-state index in [-0.39, 0.29) is 11.6 Å². The maximum Gasteiger partial charge on any atom is 0.271 e. The number of anilines is 1. The average Bonchev–Trinajstić information content (AvgIpc) is 2.91. The Morgan fingerprint density at radius 3 is 2.40 bits per heavy atom. The minimum absolute atomic E-state index is 0.208. The van der Waals surface area contributed by atoms with E-state index in [4.69, 9.17) is 11.6 Å². The highest BCUT2D eigenvalue weighted by atomic mass is 35.5. The first-order valence-electron chi connectivity index (χ1n) is 9.52. The first kappa shape index (κ1) is 18.4. The van der Waals surface area contributed by atoms with Gasteiger partial charge in [0.1, 0.15) is 0 Å². The summed E-state index contributed by atoms with van der Waals surface area (Å²) >= 11 is 6.16. The van der Waals surface area contributed by atoms with Crippen molar-refractivity contribution in [2.24, 2.45) is 0 Å². The second-order valence-electron chi connectivity index (χ2n) is 6.93. The van der Waals surface area contributed by atoms with Gasteiger partial charge in [-0.05, 0) is 45.2 Å². The third-order valence-corrected chi connectivity index (χ3v) is 5.27. The Labute approximate surface area is 155 Å². The van der Waals surface area contributed by atoms with Crippen molar-refractivity contribution in [2.45, 2.75) is 44.9 Å². The lowest BCUT2D eigenvalue weighted by atomic mass is 10.1. The van der Waals surface area contributed by atoms with E-state index < -0.39 is 0 Å². The molecule has 0 atom stereocenters. The Bertz CT molecular complexity index is 569. The van der Waals surface area contributed by atoms with Gasteiger partial charge in [-0.1, -0.05) is 24.4 Å². The van der Waals surface area contributed by atoms with E-state index in [1.807, 2.05) is 0 Å². The van der Waals surface area contributed by atoms with Gasteiger partial charge in [-0.25, -0.2) is 9.97 Å². The van der Waals surface area contributed by atoms with Crippen molar-refractivity contribution in [3.63, 3.8) is 0 Å². The second-order valence-corrected chi connectivity index (χ2v) is 7.33. The molecular formula is C18H28ClN5O. The lowest BCUT2D eigenvalue weighted by Crippen LogP contribution is -2.36. The minimum Gasteiger partial charge on any atom is -0.349 e. The number of amides is 1. The smallest absolute Gasteiger partial charge is 0.271 e. The van der Waals surface area contributed by atoms with Crippen LogP contribution in [0.4, 0.5) is 5.95 Å². The molecule has 7 heteroatoms. The molecule has 0 radical (unpaired) electrons. The van der Waals surface area contributed by atoms with E-state index in [0.717, 1.165) is 45.6 Å². The summed E-state index contributed by atoms with van der Waals surface area (Å²) in [5.74, 6) is 0.405. The molecule has 2 saturated heterocycles. The fourth-order valence-corrected chi connectivity index (χ4v) is 3.71. The average molecular weight is 366 g/mol. The van der Waals surface area contributed by atoms with Crippen LogP contribution < -0.4 is 10.2 Å². The molecule has 25 heavy (non-hydrogen) atoms. The highest BCUT2D eigenvalue weighted by Crippen LogP contribution is 2.19. The molecule has 1 amide bonds. The molecule has 0 aliphatic carbocycles.